The molecule has 2 aromatic rings. The van der Waals surface area contributed by atoms with E-state index in [1.165, 1.54) is 42.8 Å². The van der Waals surface area contributed by atoms with Crippen LogP contribution in [0.3, 0.4) is 0 Å². The highest BCUT2D eigenvalue weighted by atomic mass is 32.2. The van der Waals surface area contributed by atoms with Gasteiger partial charge in [-0.05, 0) is 54.8 Å². The minimum atomic E-state index is -0.896. The maximum absolute atomic E-state index is 13.6. The molecule has 110 valence electrons. The average Bonchev–Trinajstić information content (AvgIpc) is 3.24. The molecule has 2 aromatic carbocycles. The molecule has 0 heterocycles. The third-order valence-electron chi connectivity index (χ3n) is 3.23. The van der Waals surface area contributed by atoms with Crippen molar-refractivity contribution in [3.63, 3.8) is 0 Å². The van der Waals surface area contributed by atoms with Gasteiger partial charge in [-0.25, -0.2) is 13.2 Å². The van der Waals surface area contributed by atoms with Gasteiger partial charge in [-0.2, -0.15) is 0 Å². The lowest BCUT2D eigenvalue weighted by atomic mass is 10.2. The molecule has 0 amide bonds. The Morgan fingerprint density at radius 2 is 1.76 bits per heavy atom. The Kier molecular flexibility index (Phi) is 4.22. The van der Waals surface area contributed by atoms with Gasteiger partial charge in [0.2, 0.25) is 0 Å². The van der Waals surface area contributed by atoms with Crippen molar-refractivity contribution in [2.24, 2.45) is 0 Å². The third-order valence-corrected chi connectivity index (χ3v) is 4.19. The molecule has 0 aliphatic heterocycles. The minimum absolute atomic E-state index is 0.324. The summed E-state index contributed by atoms with van der Waals surface area (Å²) in [5, 5.41) is 3.32. The first-order chi connectivity index (χ1) is 10.1. The summed E-state index contributed by atoms with van der Waals surface area (Å²) in [4.78, 5) is 1.22. The second-order valence-corrected chi connectivity index (χ2v) is 6.28. The molecule has 0 bridgehead atoms. The standard InChI is InChI=1S/C16H14F3NS/c17-11-5-10(9-20-12-1-2-12)6-14(7-11)21-13-3-4-15(18)16(19)8-13/h3-8,12,20H,1-2,9H2. The van der Waals surface area contributed by atoms with Crippen LogP contribution in [-0.2, 0) is 6.54 Å². The van der Waals surface area contributed by atoms with E-state index in [1.807, 2.05) is 6.07 Å². The van der Waals surface area contributed by atoms with Crippen molar-refractivity contribution in [2.75, 3.05) is 0 Å². The van der Waals surface area contributed by atoms with E-state index in [4.69, 9.17) is 0 Å². The third kappa shape index (κ3) is 4.02. The second-order valence-electron chi connectivity index (χ2n) is 5.13. The molecule has 0 unspecified atom stereocenters. The Labute approximate surface area is 125 Å². The van der Waals surface area contributed by atoms with Gasteiger partial charge in [0.05, 0.1) is 0 Å². The molecule has 1 aliphatic rings. The number of halogens is 3. The van der Waals surface area contributed by atoms with E-state index in [0.717, 1.165) is 17.7 Å². The SMILES string of the molecule is Fc1cc(CNC2CC2)cc(Sc2ccc(F)c(F)c2)c1. The second kappa shape index (κ2) is 6.12. The Morgan fingerprint density at radius 1 is 0.952 bits per heavy atom. The Balaban J connectivity index is 1.75. The van der Waals surface area contributed by atoms with Crippen LogP contribution < -0.4 is 5.32 Å². The topological polar surface area (TPSA) is 12.0 Å². The van der Waals surface area contributed by atoms with E-state index < -0.39 is 11.6 Å². The predicted octanol–water partition coefficient (Wildman–Crippen LogP) is 4.51. The Hall–Kier alpha value is -1.46. The molecule has 1 N–H and O–H groups in total. The molecular weight excluding hydrogens is 295 g/mol. The summed E-state index contributed by atoms with van der Waals surface area (Å²) in [5.74, 6) is -2.10. The van der Waals surface area contributed by atoms with Crippen LogP contribution in [0, 0.1) is 17.5 Å². The van der Waals surface area contributed by atoms with Gasteiger partial charge in [0.1, 0.15) is 5.82 Å². The highest BCUT2D eigenvalue weighted by molar-refractivity contribution is 7.99. The molecule has 3 rings (SSSR count). The van der Waals surface area contributed by atoms with Crippen LogP contribution >= 0.6 is 11.8 Å². The molecule has 1 aliphatic carbocycles. The zero-order chi connectivity index (χ0) is 14.8. The number of hydrogen-bond donors (Lipinski definition) is 1. The lowest BCUT2D eigenvalue weighted by molar-refractivity contribution is 0.506. The van der Waals surface area contributed by atoms with Crippen LogP contribution in [0.15, 0.2) is 46.2 Å². The molecule has 1 fully saturated rings. The van der Waals surface area contributed by atoms with Crippen LogP contribution in [-0.4, -0.2) is 6.04 Å². The summed E-state index contributed by atoms with van der Waals surface area (Å²) in [6.07, 6.45) is 2.34. The zero-order valence-corrected chi connectivity index (χ0v) is 12.0. The molecule has 0 saturated heterocycles. The molecule has 5 heteroatoms. The van der Waals surface area contributed by atoms with Gasteiger partial charge in [0, 0.05) is 22.4 Å². The quantitative estimate of drug-likeness (QED) is 0.872. The van der Waals surface area contributed by atoms with Crippen LogP contribution in [0.2, 0.25) is 0 Å². The fraction of sp³-hybridized carbons (Fsp3) is 0.250. The maximum atomic E-state index is 13.6. The van der Waals surface area contributed by atoms with E-state index in [1.54, 1.807) is 0 Å². The highest BCUT2D eigenvalue weighted by Crippen LogP contribution is 2.30. The summed E-state index contributed by atoms with van der Waals surface area (Å²) in [5.41, 5.74) is 0.854. The number of hydrogen-bond acceptors (Lipinski definition) is 2. The van der Waals surface area contributed by atoms with Gasteiger partial charge in [0.15, 0.2) is 11.6 Å². The smallest absolute Gasteiger partial charge is 0.159 e. The van der Waals surface area contributed by atoms with Crippen molar-refractivity contribution >= 4 is 11.8 Å². The van der Waals surface area contributed by atoms with Crippen molar-refractivity contribution < 1.29 is 13.2 Å². The zero-order valence-electron chi connectivity index (χ0n) is 11.2. The van der Waals surface area contributed by atoms with Crippen molar-refractivity contribution in [3.05, 3.63) is 59.4 Å². The number of benzene rings is 2. The molecule has 0 radical (unpaired) electrons. The molecule has 0 spiro atoms. The fourth-order valence-corrected chi connectivity index (χ4v) is 2.96. The largest absolute Gasteiger partial charge is 0.310 e. The molecular formula is C16H14F3NS. The first-order valence-electron chi connectivity index (χ1n) is 6.76. The summed E-state index contributed by atoms with van der Waals surface area (Å²) in [6, 6.07) is 8.98. The number of nitrogens with one attached hydrogen (secondary N) is 1. The summed E-state index contributed by atoms with van der Waals surface area (Å²) >= 11 is 1.21. The first kappa shape index (κ1) is 14.5. The van der Waals surface area contributed by atoms with Gasteiger partial charge in [-0.1, -0.05) is 11.8 Å². The van der Waals surface area contributed by atoms with Crippen LogP contribution in [0.25, 0.3) is 0 Å². The van der Waals surface area contributed by atoms with Crippen molar-refractivity contribution in [2.45, 2.75) is 35.2 Å². The van der Waals surface area contributed by atoms with Crippen LogP contribution in [0.1, 0.15) is 18.4 Å². The molecule has 1 nitrogen and oxygen atoms in total. The van der Waals surface area contributed by atoms with Gasteiger partial charge in [-0.15, -0.1) is 0 Å². The van der Waals surface area contributed by atoms with E-state index in [2.05, 4.69) is 5.32 Å². The molecule has 0 aromatic heterocycles. The van der Waals surface area contributed by atoms with Crippen molar-refractivity contribution in [1.82, 2.24) is 5.32 Å². The lowest BCUT2D eigenvalue weighted by Crippen LogP contribution is -2.15. The summed E-state index contributed by atoms with van der Waals surface area (Å²) in [7, 11) is 0. The predicted molar refractivity (Wildman–Crippen MR) is 76.7 cm³/mol. The van der Waals surface area contributed by atoms with Gasteiger partial charge < -0.3 is 5.32 Å². The molecule has 21 heavy (non-hydrogen) atoms. The van der Waals surface area contributed by atoms with Gasteiger partial charge in [-0.3, -0.25) is 0 Å². The average molecular weight is 309 g/mol. The highest BCUT2D eigenvalue weighted by Gasteiger charge is 2.20. The van der Waals surface area contributed by atoms with Crippen molar-refractivity contribution in [1.29, 1.82) is 0 Å². The van der Waals surface area contributed by atoms with Crippen LogP contribution in [0.4, 0.5) is 13.2 Å². The normalized spacial score (nSPS) is 14.4. The Morgan fingerprint density at radius 3 is 2.48 bits per heavy atom. The lowest BCUT2D eigenvalue weighted by Gasteiger charge is -2.07. The monoisotopic (exact) mass is 309 g/mol. The minimum Gasteiger partial charge on any atom is -0.310 e. The van der Waals surface area contributed by atoms with Crippen molar-refractivity contribution in [3.8, 4) is 0 Å². The summed E-state index contributed by atoms with van der Waals surface area (Å²) < 4.78 is 39.7. The molecule has 1 saturated carbocycles. The van der Waals surface area contributed by atoms with Gasteiger partial charge in [0.25, 0.3) is 0 Å². The van der Waals surface area contributed by atoms with E-state index in [0.29, 0.717) is 22.4 Å². The maximum Gasteiger partial charge on any atom is 0.159 e. The first-order valence-corrected chi connectivity index (χ1v) is 7.57. The van der Waals surface area contributed by atoms with Gasteiger partial charge >= 0.3 is 0 Å². The Bertz CT molecular complexity index is 656. The fourth-order valence-electron chi connectivity index (χ4n) is 2.01. The van der Waals surface area contributed by atoms with E-state index in [9.17, 15) is 13.2 Å². The van der Waals surface area contributed by atoms with E-state index in [-0.39, 0.29) is 5.82 Å². The number of rotatable bonds is 5. The summed E-state index contributed by atoms with van der Waals surface area (Å²) in [6.45, 7) is 0.619. The van der Waals surface area contributed by atoms with E-state index >= 15 is 0 Å². The molecule has 0 atom stereocenters. The van der Waals surface area contributed by atoms with Crippen LogP contribution in [0.5, 0.6) is 0 Å².